The predicted octanol–water partition coefficient (Wildman–Crippen LogP) is 6.56. The quantitative estimate of drug-likeness (QED) is 0.238. The van der Waals surface area contributed by atoms with Crippen molar-refractivity contribution in [3.05, 3.63) is 89.7 Å². The molecule has 1 amide bonds. The first-order valence-corrected chi connectivity index (χ1v) is 11.1. The fourth-order valence-electron chi connectivity index (χ4n) is 3.15. The summed E-state index contributed by atoms with van der Waals surface area (Å²) in [5, 5.41) is 13.6. The fourth-order valence-corrected chi connectivity index (χ4v) is 3.31. The zero-order valence-corrected chi connectivity index (χ0v) is 19.8. The van der Waals surface area contributed by atoms with Gasteiger partial charge < -0.3 is 20.8 Å². The van der Waals surface area contributed by atoms with Gasteiger partial charge in [-0.3, -0.25) is 4.79 Å². The van der Waals surface area contributed by atoms with E-state index in [9.17, 15) is 9.18 Å². The normalized spacial score (nSPS) is 13.0. The lowest BCUT2D eigenvalue weighted by Crippen LogP contribution is -2.44. The number of hydrogen-bond acceptors (Lipinski definition) is 4. The smallest absolute Gasteiger partial charge is 0.272 e. The zero-order chi connectivity index (χ0) is 24.0. The summed E-state index contributed by atoms with van der Waals surface area (Å²) in [5.41, 5.74) is 2.69. The standard InChI is InChI=1S/C24H21Cl3FN3O2/c1-15(30-23(32)24(25,26)27)22(16-5-3-2-4-6-16)33-20-11-12-21(17(13-20)14-29)31-19-9-7-18(28)8-10-19/h2-15,22,29,31H,1H3,(H,30,32)/t15?,22-/m0/s1. The number of anilines is 2. The first-order valence-electron chi connectivity index (χ1n) is 9.94. The van der Waals surface area contributed by atoms with E-state index >= 15 is 0 Å². The second-order valence-corrected chi connectivity index (χ2v) is 9.52. The van der Waals surface area contributed by atoms with Crippen LogP contribution < -0.4 is 15.4 Å². The average molecular weight is 509 g/mol. The van der Waals surface area contributed by atoms with Gasteiger partial charge in [0.2, 0.25) is 0 Å². The van der Waals surface area contributed by atoms with E-state index in [1.807, 2.05) is 30.3 Å². The second kappa shape index (κ2) is 10.9. The molecular formula is C24H21Cl3FN3O2. The van der Waals surface area contributed by atoms with Crippen molar-refractivity contribution in [2.75, 3.05) is 5.32 Å². The van der Waals surface area contributed by atoms with Gasteiger partial charge in [0.05, 0.1) is 6.04 Å². The maximum absolute atomic E-state index is 13.2. The Bertz CT molecular complexity index is 1110. The molecule has 0 saturated carbocycles. The highest BCUT2D eigenvalue weighted by atomic mass is 35.6. The molecule has 3 rings (SSSR count). The van der Waals surface area contributed by atoms with Crippen molar-refractivity contribution < 1.29 is 13.9 Å². The molecule has 0 fully saturated rings. The first kappa shape index (κ1) is 24.8. The molecule has 1 unspecified atom stereocenters. The van der Waals surface area contributed by atoms with Gasteiger partial charge in [-0.2, -0.15) is 0 Å². The van der Waals surface area contributed by atoms with Gasteiger partial charge in [0.25, 0.3) is 9.70 Å². The minimum absolute atomic E-state index is 0.334. The summed E-state index contributed by atoms with van der Waals surface area (Å²) in [7, 11) is 0. The molecule has 0 heterocycles. The lowest BCUT2D eigenvalue weighted by molar-refractivity contribution is -0.121. The van der Waals surface area contributed by atoms with Crippen LogP contribution in [0, 0.1) is 11.2 Å². The summed E-state index contributed by atoms with van der Waals surface area (Å²) < 4.78 is 17.3. The van der Waals surface area contributed by atoms with E-state index in [4.69, 9.17) is 44.9 Å². The number of hydrogen-bond donors (Lipinski definition) is 3. The molecule has 2 atom stereocenters. The van der Waals surface area contributed by atoms with Gasteiger partial charge in [0, 0.05) is 23.2 Å². The number of carbonyl (C=O) groups excluding carboxylic acids is 1. The number of rotatable bonds is 8. The van der Waals surface area contributed by atoms with Crippen LogP contribution in [0.2, 0.25) is 0 Å². The third kappa shape index (κ3) is 6.84. The highest BCUT2D eigenvalue weighted by Crippen LogP contribution is 2.31. The van der Waals surface area contributed by atoms with E-state index in [2.05, 4.69) is 10.6 Å². The molecule has 3 aromatic carbocycles. The van der Waals surface area contributed by atoms with Gasteiger partial charge in [-0.05, 0) is 55.0 Å². The van der Waals surface area contributed by atoms with Crippen LogP contribution in [0.4, 0.5) is 15.8 Å². The van der Waals surface area contributed by atoms with Crippen molar-refractivity contribution in [2.45, 2.75) is 22.9 Å². The SMILES string of the molecule is CC(NC(=O)C(Cl)(Cl)Cl)[C@H](Oc1ccc(Nc2ccc(F)cc2)c(C=N)c1)c1ccccc1. The molecule has 3 N–H and O–H groups in total. The summed E-state index contributed by atoms with van der Waals surface area (Å²) in [5.74, 6) is -0.620. The van der Waals surface area contributed by atoms with Crippen LogP contribution in [0.3, 0.4) is 0 Å². The maximum Gasteiger partial charge on any atom is 0.272 e. The van der Waals surface area contributed by atoms with Crippen LogP contribution in [-0.2, 0) is 4.79 Å². The third-order valence-electron chi connectivity index (χ3n) is 4.76. The molecule has 0 radical (unpaired) electrons. The lowest BCUT2D eigenvalue weighted by atomic mass is 10.0. The number of benzene rings is 3. The molecule has 33 heavy (non-hydrogen) atoms. The molecule has 0 saturated heterocycles. The van der Waals surface area contributed by atoms with Gasteiger partial charge in [-0.1, -0.05) is 65.1 Å². The van der Waals surface area contributed by atoms with E-state index < -0.39 is 21.8 Å². The van der Waals surface area contributed by atoms with E-state index in [1.54, 1.807) is 37.3 Å². The van der Waals surface area contributed by atoms with Crippen molar-refractivity contribution in [1.82, 2.24) is 5.32 Å². The second-order valence-electron chi connectivity index (χ2n) is 7.23. The van der Waals surface area contributed by atoms with Crippen molar-refractivity contribution >= 4 is 58.3 Å². The number of carbonyl (C=O) groups is 1. The van der Waals surface area contributed by atoms with Gasteiger partial charge in [-0.15, -0.1) is 0 Å². The minimum atomic E-state index is -2.10. The third-order valence-corrected chi connectivity index (χ3v) is 5.28. The van der Waals surface area contributed by atoms with Gasteiger partial charge >= 0.3 is 0 Å². The molecular weight excluding hydrogens is 488 g/mol. The van der Waals surface area contributed by atoms with Crippen LogP contribution in [0.15, 0.2) is 72.8 Å². The van der Waals surface area contributed by atoms with E-state index in [1.165, 1.54) is 18.3 Å². The summed E-state index contributed by atoms with van der Waals surface area (Å²) in [4.78, 5) is 12.2. The van der Waals surface area contributed by atoms with Crippen LogP contribution >= 0.6 is 34.8 Å². The Morgan fingerprint density at radius 1 is 1.06 bits per heavy atom. The van der Waals surface area contributed by atoms with Crippen LogP contribution in [-0.4, -0.2) is 22.0 Å². The Labute approximate surface area is 206 Å². The molecule has 0 aliphatic rings. The molecule has 9 heteroatoms. The van der Waals surface area contributed by atoms with Gasteiger partial charge in [-0.25, -0.2) is 4.39 Å². The predicted molar refractivity (Wildman–Crippen MR) is 132 cm³/mol. The van der Waals surface area contributed by atoms with E-state index in [0.29, 0.717) is 22.7 Å². The number of alkyl halides is 3. The fraction of sp³-hybridized carbons (Fsp3) is 0.167. The molecule has 5 nitrogen and oxygen atoms in total. The topological polar surface area (TPSA) is 74.2 Å². The van der Waals surface area contributed by atoms with E-state index in [-0.39, 0.29) is 5.82 Å². The Kier molecular flexibility index (Phi) is 8.19. The van der Waals surface area contributed by atoms with Gasteiger partial charge in [0.1, 0.15) is 17.7 Å². The molecule has 172 valence electrons. The van der Waals surface area contributed by atoms with Gasteiger partial charge in [0.15, 0.2) is 0 Å². The van der Waals surface area contributed by atoms with Crippen LogP contribution in [0.25, 0.3) is 0 Å². The molecule has 3 aromatic rings. The zero-order valence-electron chi connectivity index (χ0n) is 17.5. The maximum atomic E-state index is 13.2. The minimum Gasteiger partial charge on any atom is -0.484 e. The van der Waals surface area contributed by atoms with Crippen molar-refractivity contribution in [2.24, 2.45) is 0 Å². The summed E-state index contributed by atoms with van der Waals surface area (Å²) >= 11 is 17.1. The number of halogens is 4. The molecule has 0 spiro atoms. The van der Waals surface area contributed by atoms with E-state index in [0.717, 1.165) is 5.56 Å². The Morgan fingerprint density at radius 3 is 2.33 bits per heavy atom. The summed E-state index contributed by atoms with van der Waals surface area (Å²) in [6.07, 6.45) is 0.585. The number of amides is 1. The summed E-state index contributed by atoms with van der Waals surface area (Å²) in [6, 6.07) is 19.9. The van der Waals surface area contributed by atoms with Crippen LogP contribution in [0.1, 0.15) is 24.2 Å². The monoisotopic (exact) mass is 507 g/mol. The highest BCUT2D eigenvalue weighted by Gasteiger charge is 2.34. The Morgan fingerprint density at radius 2 is 1.73 bits per heavy atom. The highest BCUT2D eigenvalue weighted by molar-refractivity contribution is 6.76. The van der Waals surface area contributed by atoms with Crippen molar-refractivity contribution in [3.8, 4) is 5.75 Å². The molecule has 0 aliphatic carbocycles. The first-order chi connectivity index (χ1) is 15.7. The average Bonchev–Trinajstić information content (AvgIpc) is 2.79. The van der Waals surface area contributed by atoms with Crippen molar-refractivity contribution in [1.29, 1.82) is 5.41 Å². The lowest BCUT2D eigenvalue weighted by Gasteiger charge is -2.28. The van der Waals surface area contributed by atoms with Crippen LogP contribution in [0.5, 0.6) is 5.75 Å². The number of nitrogens with one attached hydrogen (secondary N) is 3. The Balaban J connectivity index is 1.85. The molecule has 0 aliphatic heterocycles. The largest absolute Gasteiger partial charge is 0.484 e. The summed E-state index contributed by atoms with van der Waals surface area (Å²) in [6.45, 7) is 1.74. The molecule has 0 bridgehead atoms. The van der Waals surface area contributed by atoms with Crippen molar-refractivity contribution in [3.63, 3.8) is 0 Å². The molecule has 0 aromatic heterocycles. The Hall–Kier alpha value is -2.80. The number of ether oxygens (including phenoxy) is 1.